The summed E-state index contributed by atoms with van der Waals surface area (Å²) in [6, 6.07) is 0. The molecule has 0 unspecified atom stereocenters. The van der Waals surface area contributed by atoms with Crippen molar-refractivity contribution in [2.75, 3.05) is 0 Å². The van der Waals surface area contributed by atoms with E-state index >= 15 is 0 Å². The number of carbonyl (C=O) groups is 2. The van der Waals surface area contributed by atoms with Crippen molar-refractivity contribution in [1.82, 2.24) is 0 Å². The lowest BCUT2D eigenvalue weighted by Gasteiger charge is -2.22. The Morgan fingerprint density at radius 3 is 2.11 bits per heavy atom. The smallest absolute Gasteiger partial charge is 0.375 e. The number of Topliss-reactive ketones (excluding diaryl/α,β-unsaturated/α-hetero) is 1. The molecule has 0 N–H and O–H groups in total. The highest BCUT2D eigenvalue weighted by Gasteiger charge is 2.31. The highest BCUT2D eigenvalue weighted by molar-refractivity contribution is 6.34. The molecule has 0 aliphatic carbocycles. The van der Waals surface area contributed by atoms with E-state index in [2.05, 4.69) is 13.5 Å². The van der Waals surface area contributed by atoms with Gasteiger partial charge in [-0.1, -0.05) is 32.8 Å². The summed E-state index contributed by atoms with van der Waals surface area (Å²) in [4.78, 5) is 23.8. The van der Waals surface area contributed by atoms with Gasteiger partial charge >= 0.3 is 5.97 Å². The zero-order chi connectivity index (χ0) is 14.1. The van der Waals surface area contributed by atoms with Gasteiger partial charge in [0.15, 0.2) is 0 Å². The first-order chi connectivity index (χ1) is 8.47. The van der Waals surface area contributed by atoms with Gasteiger partial charge in [0.2, 0.25) is 5.78 Å². The molecule has 0 aromatic carbocycles. The number of ether oxygens (including phenoxy) is 1. The lowest BCUT2D eigenvalue weighted by molar-refractivity contribution is -0.159. The molecule has 2 atom stereocenters. The molecule has 0 heterocycles. The molecule has 0 saturated carbocycles. The van der Waals surface area contributed by atoms with E-state index in [1.807, 2.05) is 6.92 Å². The number of hydrogen-bond acceptors (Lipinski definition) is 3. The third kappa shape index (κ3) is 5.48. The predicted octanol–water partition coefficient (Wildman–Crippen LogP) is 3.53. The van der Waals surface area contributed by atoms with Gasteiger partial charge in [-0.25, -0.2) is 4.79 Å². The Balaban J connectivity index is 4.80. The number of hydrogen-bond donors (Lipinski definition) is 0. The molecule has 0 aliphatic rings. The average Bonchev–Trinajstić information content (AvgIpc) is 2.31. The largest absolute Gasteiger partial charge is 0.457 e. The molecule has 0 bridgehead atoms. The summed E-state index contributed by atoms with van der Waals surface area (Å²) in [7, 11) is 0. The summed E-state index contributed by atoms with van der Waals surface area (Å²) in [6.07, 6.45) is 4.99. The minimum Gasteiger partial charge on any atom is -0.457 e. The molecule has 0 aromatic heterocycles. The van der Waals surface area contributed by atoms with E-state index in [9.17, 15) is 9.59 Å². The molecule has 104 valence electrons. The summed E-state index contributed by atoms with van der Waals surface area (Å²) in [5, 5.41) is 0. The van der Waals surface area contributed by atoms with Gasteiger partial charge in [-0.2, -0.15) is 0 Å². The van der Waals surface area contributed by atoms with Crippen LogP contribution in [0.25, 0.3) is 0 Å². The van der Waals surface area contributed by atoms with Crippen LogP contribution < -0.4 is 0 Å². The minimum absolute atomic E-state index is 0.0714. The number of allylic oxidation sites excluding steroid dienone is 1. The zero-order valence-corrected chi connectivity index (χ0v) is 12.1. The second kappa shape index (κ2) is 8.90. The van der Waals surface area contributed by atoms with E-state index in [4.69, 9.17) is 4.74 Å². The Bertz CT molecular complexity index is 281. The Morgan fingerprint density at radius 2 is 1.72 bits per heavy atom. The summed E-state index contributed by atoms with van der Waals surface area (Å²) in [6.45, 7) is 11.4. The van der Waals surface area contributed by atoms with Gasteiger partial charge in [0.25, 0.3) is 0 Å². The standard InChI is InChI=1S/C15H26O3/c1-6-9-12(8-3)13(10-7-2)14(16)15(17)18-11(4)5/h8,11-13H,3,6-7,9-10H2,1-2,4-5H3/t12-,13-/m1/s1. The van der Waals surface area contributed by atoms with Crippen LogP contribution >= 0.6 is 0 Å². The summed E-state index contributed by atoms with van der Waals surface area (Å²) in [5.74, 6) is -1.31. The highest BCUT2D eigenvalue weighted by atomic mass is 16.5. The number of rotatable bonds is 9. The van der Waals surface area contributed by atoms with E-state index in [1.54, 1.807) is 19.9 Å². The maximum Gasteiger partial charge on any atom is 0.375 e. The van der Waals surface area contributed by atoms with Crippen LogP contribution in [0.15, 0.2) is 12.7 Å². The normalized spacial score (nSPS) is 14.1. The Labute approximate surface area is 111 Å². The fraction of sp³-hybridized carbons (Fsp3) is 0.733. The lowest BCUT2D eigenvalue weighted by atomic mass is 9.82. The van der Waals surface area contributed by atoms with Crippen molar-refractivity contribution in [3.8, 4) is 0 Å². The Morgan fingerprint density at radius 1 is 1.17 bits per heavy atom. The van der Waals surface area contributed by atoms with Crippen molar-refractivity contribution in [2.45, 2.75) is 59.5 Å². The second-order valence-electron chi connectivity index (χ2n) is 4.90. The van der Waals surface area contributed by atoms with Crippen LogP contribution in [0.5, 0.6) is 0 Å². The van der Waals surface area contributed by atoms with Crippen molar-refractivity contribution in [2.24, 2.45) is 11.8 Å². The molecule has 3 nitrogen and oxygen atoms in total. The molecular weight excluding hydrogens is 228 g/mol. The molecule has 0 aromatic rings. The minimum atomic E-state index is -0.702. The molecule has 0 rings (SSSR count). The van der Waals surface area contributed by atoms with Crippen molar-refractivity contribution >= 4 is 11.8 Å². The fourth-order valence-electron chi connectivity index (χ4n) is 2.09. The van der Waals surface area contributed by atoms with Crippen LogP contribution in [0, 0.1) is 11.8 Å². The number of ketones is 1. The van der Waals surface area contributed by atoms with Crippen LogP contribution in [0.1, 0.15) is 53.4 Å². The monoisotopic (exact) mass is 254 g/mol. The Kier molecular flexibility index (Phi) is 8.34. The molecule has 0 radical (unpaired) electrons. The molecule has 18 heavy (non-hydrogen) atoms. The van der Waals surface area contributed by atoms with Crippen LogP contribution in [0.2, 0.25) is 0 Å². The lowest BCUT2D eigenvalue weighted by Crippen LogP contribution is -2.32. The molecule has 0 spiro atoms. The van der Waals surface area contributed by atoms with Crippen LogP contribution in [0.4, 0.5) is 0 Å². The van der Waals surface area contributed by atoms with Gasteiger partial charge in [-0.15, -0.1) is 6.58 Å². The first-order valence-electron chi connectivity index (χ1n) is 6.85. The molecule has 0 aliphatic heterocycles. The highest BCUT2D eigenvalue weighted by Crippen LogP contribution is 2.25. The van der Waals surface area contributed by atoms with E-state index in [1.165, 1.54) is 0 Å². The van der Waals surface area contributed by atoms with Crippen molar-refractivity contribution in [3.63, 3.8) is 0 Å². The first kappa shape index (κ1) is 16.9. The van der Waals surface area contributed by atoms with Crippen LogP contribution in [-0.2, 0) is 14.3 Å². The third-order valence-electron chi connectivity index (χ3n) is 2.92. The van der Waals surface area contributed by atoms with E-state index in [0.29, 0.717) is 6.42 Å². The van der Waals surface area contributed by atoms with Gasteiger partial charge in [0.1, 0.15) is 0 Å². The van der Waals surface area contributed by atoms with Gasteiger partial charge in [-0.3, -0.25) is 4.79 Å². The van der Waals surface area contributed by atoms with Crippen molar-refractivity contribution in [1.29, 1.82) is 0 Å². The van der Waals surface area contributed by atoms with Gasteiger partial charge in [-0.05, 0) is 32.6 Å². The predicted molar refractivity (Wildman–Crippen MR) is 73.2 cm³/mol. The summed E-state index contributed by atoms with van der Waals surface area (Å²) >= 11 is 0. The van der Waals surface area contributed by atoms with Gasteiger partial charge in [0, 0.05) is 5.92 Å². The maximum atomic E-state index is 12.1. The SMILES string of the molecule is C=C[C@H](CCC)[C@@H](CCC)C(=O)C(=O)OC(C)C. The second-order valence-corrected chi connectivity index (χ2v) is 4.90. The Hall–Kier alpha value is -1.12. The van der Waals surface area contributed by atoms with E-state index in [-0.39, 0.29) is 17.9 Å². The molecule has 0 saturated heterocycles. The zero-order valence-electron chi connectivity index (χ0n) is 12.1. The van der Waals surface area contributed by atoms with E-state index < -0.39 is 11.8 Å². The summed E-state index contributed by atoms with van der Waals surface area (Å²) < 4.78 is 4.99. The third-order valence-corrected chi connectivity index (χ3v) is 2.92. The van der Waals surface area contributed by atoms with Crippen molar-refractivity contribution in [3.05, 3.63) is 12.7 Å². The fourth-order valence-corrected chi connectivity index (χ4v) is 2.09. The van der Waals surface area contributed by atoms with Crippen LogP contribution in [-0.4, -0.2) is 17.9 Å². The van der Waals surface area contributed by atoms with Gasteiger partial charge < -0.3 is 4.74 Å². The summed E-state index contributed by atoms with van der Waals surface area (Å²) in [5.41, 5.74) is 0. The molecule has 0 amide bonds. The number of esters is 1. The first-order valence-corrected chi connectivity index (χ1v) is 6.85. The quantitative estimate of drug-likeness (QED) is 0.359. The number of carbonyl (C=O) groups excluding carboxylic acids is 2. The molecular formula is C15H26O3. The molecule has 3 heteroatoms. The van der Waals surface area contributed by atoms with Gasteiger partial charge in [0.05, 0.1) is 6.10 Å². The maximum absolute atomic E-state index is 12.1. The average molecular weight is 254 g/mol. The van der Waals surface area contributed by atoms with E-state index in [0.717, 1.165) is 19.3 Å². The van der Waals surface area contributed by atoms with Crippen LogP contribution in [0.3, 0.4) is 0 Å². The topological polar surface area (TPSA) is 43.4 Å². The molecule has 0 fully saturated rings. The van der Waals surface area contributed by atoms with Crippen molar-refractivity contribution < 1.29 is 14.3 Å².